The van der Waals surface area contributed by atoms with Crippen LogP contribution in [0.25, 0.3) is 0 Å². The van der Waals surface area contributed by atoms with E-state index in [0.29, 0.717) is 25.0 Å². The molecular formula is C4H21F2LiO18P2S4. The van der Waals surface area contributed by atoms with Crippen LogP contribution < -0.4 is 18.9 Å². The van der Waals surface area contributed by atoms with E-state index in [9.17, 15) is 42.1 Å². The minimum atomic E-state index is -5.14. The van der Waals surface area contributed by atoms with Gasteiger partial charge in [-0.2, -0.15) is 33.7 Å². The van der Waals surface area contributed by atoms with Crippen molar-refractivity contribution in [1.82, 2.24) is 0 Å². The Labute approximate surface area is 190 Å². The molecule has 0 aromatic rings. The van der Waals surface area contributed by atoms with Crippen molar-refractivity contribution in [2.45, 2.75) is 0 Å². The number of hydrogen-bond donors (Lipinski definition) is 8. The van der Waals surface area contributed by atoms with Crippen molar-refractivity contribution in [1.29, 1.82) is 0 Å². The average Bonchev–Trinajstić information content (AvgIpc) is 1.94. The summed E-state index contributed by atoms with van der Waals surface area (Å²) in [4.78, 5) is 27.9. The zero-order chi connectivity index (χ0) is 27.0. The second kappa shape index (κ2) is 19.8. The van der Waals surface area contributed by atoms with Crippen molar-refractivity contribution >= 4 is 56.3 Å². The van der Waals surface area contributed by atoms with Crippen LogP contribution in [0.15, 0.2) is 0 Å². The van der Waals surface area contributed by atoms with Gasteiger partial charge in [-0.05, 0) is 0 Å². The number of hydrogen-bond acceptors (Lipinski definition) is 10. The Bertz CT molecular complexity index is 760. The standard InChI is InChI=1S/4CH4O3S.2FH2O3P.Li.H/c6*1-5(2,3)4;;/h4*1H3,(H,2,3,4);2*(H2,2,3,4);;/q;;;;;;+1;-1. The van der Waals surface area contributed by atoms with Crippen LogP contribution in [0, 0.1) is 0 Å². The van der Waals surface area contributed by atoms with Crippen molar-refractivity contribution in [3.63, 3.8) is 0 Å². The molecule has 27 heteroatoms. The monoisotopic (exact) mass is 592 g/mol. The molecule has 0 aliphatic rings. The summed E-state index contributed by atoms with van der Waals surface area (Å²) in [5.74, 6) is 0. The van der Waals surface area contributed by atoms with Gasteiger partial charge in [0.1, 0.15) is 0 Å². The maximum atomic E-state index is 10.4. The van der Waals surface area contributed by atoms with Gasteiger partial charge in [-0.25, -0.2) is 9.13 Å². The molecule has 8 N–H and O–H groups in total. The van der Waals surface area contributed by atoms with Gasteiger partial charge < -0.3 is 1.43 Å². The van der Waals surface area contributed by atoms with Crippen LogP contribution in [0.5, 0.6) is 0 Å². The zero-order valence-electron chi connectivity index (χ0n) is 16.9. The van der Waals surface area contributed by atoms with E-state index in [1.54, 1.807) is 0 Å². The van der Waals surface area contributed by atoms with Gasteiger partial charge in [-0.1, -0.05) is 0 Å². The molecule has 0 spiro atoms. The largest absolute Gasteiger partial charge is 1.00 e. The molecule has 0 radical (unpaired) electrons. The molecule has 0 aromatic heterocycles. The van der Waals surface area contributed by atoms with Gasteiger partial charge in [0.2, 0.25) is 0 Å². The quantitative estimate of drug-likeness (QED) is 0.0743. The van der Waals surface area contributed by atoms with Gasteiger partial charge in [0.15, 0.2) is 0 Å². The SMILES string of the molecule is CS(=O)(=O)O.CS(=O)(=O)O.CS(=O)(=O)O.CS(=O)(=O)O.O=P(O)(O)F.O=P(O)(O)F.[H-].[Li+]. The topological polar surface area (TPSA) is 333 Å². The van der Waals surface area contributed by atoms with E-state index >= 15 is 0 Å². The van der Waals surface area contributed by atoms with E-state index in [-0.39, 0.29) is 20.3 Å². The summed E-state index contributed by atoms with van der Waals surface area (Å²) in [5, 5.41) is 0. The van der Waals surface area contributed by atoms with Crippen LogP contribution in [0.4, 0.5) is 8.39 Å². The van der Waals surface area contributed by atoms with Gasteiger partial charge in [-0.3, -0.25) is 37.8 Å². The minimum Gasteiger partial charge on any atom is -1.00 e. The summed E-state index contributed by atoms with van der Waals surface area (Å²) >= 11 is 0. The van der Waals surface area contributed by atoms with Gasteiger partial charge in [-0.15, -0.1) is 8.39 Å². The van der Waals surface area contributed by atoms with Crippen molar-refractivity contribution < 1.29 is 109 Å². The molecular weight excluding hydrogens is 571 g/mol. The van der Waals surface area contributed by atoms with Crippen LogP contribution in [0.1, 0.15) is 1.43 Å². The predicted octanol–water partition coefficient (Wildman–Crippen LogP) is -4.77. The maximum absolute atomic E-state index is 10.4. The second-order valence-electron chi connectivity index (χ2n) is 3.88. The number of rotatable bonds is 0. The van der Waals surface area contributed by atoms with Crippen LogP contribution in [0.2, 0.25) is 0 Å². The first kappa shape index (κ1) is 48.7. The van der Waals surface area contributed by atoms with Crippen molar-refractivity contribution in [3.05, 3.63) is 0 Å². The fraction of sp³-hybridized carbons (Fsp3) is 1.00. The van der Waals surface area contributed by atoms with E-state index in [1.165, 1.54) is 0 Å². The summed E-state index contributed by atoms with van der Waals surface area (Å²) in [6.45, 7) is 0. The second-order valence-corrected chi connectivity index (χ2v) is 11.6. The van der Waals surface area contributed by atoms with Gasteiger partial charge in [0.05, 0.1) is 25.0 Å². The summed E-state index contributed by atoms with van der Waals surface area (Å²) in [6, 6.07) is 0. The molecule has 0 aliphatic heterocycles. The molecule has 0 amide bonds. The molecule has 0 heterocycles. The Kier molecular flexibility index (Phi) is 31.2. The van der Waals surface area contributed by atoms with E-state index in [0.717, 1.165) is 0 Å². The van der Waals surface area contributed by atoms with E-state index < -0.39 is 56.3 Å². The molecule has 0 saturated carbocycles. The van der Waals surface area contributed by atoms with Crippen LogP contribution >= 0.6 is 15.8 Å². The first-order chi connectivity index (χ1) is 12.0. The Morgan fingerprint density at radius 3 is 0.516 bits per heavy atom. The van der Waals surface area contributed by atoms with E-state index in [1.807, 2.05) is 0 Å². The Morgan fingerprint density at radius 1 is 0.516 bits per heavy atom. The fourth-order valence-corrected chi connectivity index (χ4v) is 0. The molecule has 31 heavy (non-hydrogen) atoms. The van der Waals surface area contributed by atoms with Crippen LogP contribution in [-0.2, 0) is 49.6 Å². The van der Waals surface area contributed by atoms with E-state index in [2.05, 4.69) is 0 Å². The van der Waals surface area contributed by atoms with Crippen molar-refractivity contribution in [2.75, 3.05) is 25.0 Å². The first-order valence-electron chi connectivity index (χ1n) is 5.20. The summed E-state index contributed by atoms with van der Waals surface area (Å²) < 4.78 is 142. The molecule has 194 valence electrons. The molecule has 0 atom stereocenters. The third-order valence-corrected chi connectivity index (χ3v) is 0. The first-order valence-corrected chi connectivity index (χ1v) is 15.6. The maximum Gasteiger partial charge on any atom is 1.00 e. The Balaban J connectivity index is -0.0000000356. The van der Waals surface area contributed by atoms with E-state index in [4.69, 9.17) is 46.9 Å². The molecule has 0 rings (SSSR count). The van der Waals surface area contributed by atoms with Gasteiger partial charge >= 0.3 is 34.7 Å². The minimum absolute atomic E-state index is 0. The summed E-state index contributed by atoms with van der Waals surface area (Å²) in [5.41, 5.74) is 0. The molecule has 18 nitrogen and oxygen atoms in total. The molecule has 0 fully saturated rings. The summed E-state index contributed by atoms with van der Waals surface area (Å²) in [7, 11) is -24.9. The third-order valence-electron chi connectivity index (χ3n) is 0. The third kappa shape index (κ3) is 155000. The smallest absolute Gasteiger partial charge is 1.00 e. The predicted molar refractivity (Wildman–Crippen MR) is 97.3 cm³/mol. The average molecular weight is 592 g/mol. The molecule has 0 aromatic carbocycles. The van der Waals surface area contributed by atoms with Crippen LogP contribution in [-0.4, -0.2) is 96.5 Å². The normalized spacial score (nSPS) is 11.3. The van der Waals surface area contributed by atoms with Crippen LogP contribution in [0.3, 0.4) is 0 Å². The molecule has 0 bridgehead atoms. The van der Waals surface area contributed by atoms with Crippen molar-refractivity contribution in [3.8, 4) is 0 Å². The van der Waals surface area contributed by atoms with Gasteiger partial charge in [0.25, 0.3) is 40.5 Å². The Morgan fingerprint density at radius 2 is 0.516 bits per heavy atom. The Hall–Kier alpha value is 0.397. The summed E-state index contributed by atoms with van der Waals surface area (Å²) in [6.07, 6.45) is 2.86. The fourth-order valence-electron chi connectivity index (χ4n) is 0. The molecule has 0 unspecified atom stereocenters. The van der Waals surface area contributed by atoms with Crippen molar-refractivity contribution in [2.24, 2.45) is 0 Å². The molecule has 0 saturated heterocycles. The molecule has 0 aliphatic carbocycles. The number of halogens is 2. The van der Waals surface area contributed by atoms with Gasteiger partial charge in [0, 0.05) is 0 Å². The zero-order valence-corrected chi connectivity index (χ0v) is 21.0.